The van der Waals surface area contributed by atoms with Gasteiger partial charge in [-0.15, -0.1) is 11.3 Å². The molecule has 29 heavy (non-hydrogen) atoms. The largest absolute Gasteiger partial charge is 0.468 e. The number of thiophene rings is 1. The van der Waals surface area contributed by atoms with Crippen molar-refractivity contribution >= 4 is 27.3 Å². The third-order valence-corrected chi connectivity index (χ3v) is 8.31. The lowest BCUT2D eigenvalue weighted by Gasteiger charge is -2.26. The van der Waals surface area contributed by atoms with Gasteiger partial charge in [0.2, 0.25) is 0 Å². The summed E-state index contributed by atoms with van der Waals surface area (Å²) in [5, 5.41) is 6.64. The Kier molecular flexibility index (Phi) is 7.33. The van der Waals surface area contributed by atoms with Crippen LogP contribution in [0.25, 0.3) is 0 Å². The highest BCUT2D eigenvalue weighted by molar-refractivity contribution is 7.91. The Morgan fingerprint density at radius 2 is 2.03 bits per heavy atom. The van der Waals surface area contributed by atoms with Crippen molar-refractivity contribution in [2.45, 2.75) is 29.6 Å². The maximum atomic E-state index is 12.2. The second-order valence-corrected chi connectivity index (χ2v) is 10.6. The zero-order valence-electron chi connectivity index (χ0n) is 17.1. The molecule has 2 aromatic rings. The number of hydrogen-bond acceptors (Lipinski definition) is 6. The van der Waals surface area contributed by atoms with E-state index in [2.05, 4.69) is 20.5 Å². The van der Waals surface area contributed by atoms with E-state index in [9.17, 15) is 8.42 Å². The third kappa shape index (κ3) is 5.39. The van der Waals surface area contributed by atoms with E-state index in [0.29, 0.717) is 23.3 Å². The van der Waals surface area contributed by atoms with Gasteiger partial charge in [0, 0.05) is 32.6 Å². The molecule has 0 aliphatic carbocycles. The Hall–Kier alpha value is -1.88. The molecule has 3 heterocycles. The molecule has 2 N–H and O–H groups in total. The molecule has 1 aliphatic heterocycles. The lowest BCUT2D eigenvalue weighted by Crippen LogP contribution is -2.42. The second kappa shape index (κ2) is 9.75. The number of furan rings is 1. The van der Waals surface area contributed by atoms with Gasteiger partial charge in [-0.25, -0.2) is 12.7 Å². The summed E-state index contributed by atoms with van der Waals surface area (Å²) in [4.78, 5) is 7.64. The molecule has 1 unspecified atom stereocenters. The summed E-state index contributed by atoms with van der Waals surface area (Å²) in [7, 11) is 1.40. The summed E-state index contributed by atoms with van der Waals surface area (Å²) < 4.78 is 31.7. The molecule has 1 aliphatic rings. The molecule has 1 saturated heterocycles. The van der Waals surface area contributed by atoms with Crippen LogP contribution in [0.4, 0.5) is 0 Å². The Morgan fingerprint density at radius 3 is 2.66 bits per heavy atom. The Balaban J connectivity index is 1.57. The van der Waals surface area contributed by atoms with Crippen LogP contribution >= 0.6 is 11.3 Å². The predicted molar refractivity (Wildman–Crippen MR) is 116 cm³/mol. The molecule has 0 amide bonds. The van der Waals surface area contributed by atoms with Gasteiger partial charge < -0.3 is 15.1 Å². The van der Waals surface area contributed by atoms with Gasteiger partial charge in [-0.3, -0.25) is 9.89 Å². The molecule has 8 nitrogen and oxygen atoms in total. The Morgan fingerprint density at radius 1 is 1.28 bits per heavy atom. The van der Waals surface area contributed by atoms with Crippen LogP contribution in [0.1, 0.15) is 29.5 Å². The van der Waals surface area contributed by atoms with Gasteiger partial charge in [0.25, 0.3) is 10.0 Å². The summed E-state index contributed by atoms with van der Waals surface area (Å²) in [6, 6.07) is 7.57. The van der Waals surface area contributed by atoms with Crippen molar-refractivity contribution in [1.82, 2.24) is 19.8 Å². The van der Waals surface area contributed by atoms with Crippen molar-refractivity contribution in [3.63, 3.8) is 0 Å². The summed E-state index contributed by atoms with van der Waals surface area (Å²) in [5.74, 6) is 1.62. The van der Waals surface area contributed by atoms with Crippen LogP contribution < -0.4 is 10.6 Å². The Labute approximate surface area is 176 Å². The molecule has 0 radical (unpaired) electrons. The van der Waals surface area contributed by atoms with Crippen molar-refractivity contribution in [2.75, 3.05) is 40.8 Å². The van der Waals surface area contributed by atoms with Crippen LogP contribution in [0.2, 0.25) is 0 Å². The molecule has 3 rings (SSSR count). The zero-order chi connectivity index (χ0) is 20.9. The van der Waals surface area contributed by atoms with Crippen LogP contribution in [0, 0.1) is 0 Å². The predicted octanol–water partition coefficient (Wildman–Crippen LogP) is 2.09. The smallest absolute Gasteiger partial charge is 0.252 e. The van der Waals surface area contributed by atoms with Crippen molar-refractivity contribution in [1.29, 1.82) is 0 Å². The van der Waals surface area contributed by atoms with Crippen LogP contribution in [0.3, 0.4) is 0 Å². The van der Waals surface area contributed by atoms with Gasteiger partial charge in [-0.2, -0.15) is 0 Å². The highest BCUT2D eigenvalue weighted by Gasteiger charge is 2.25. The average molecular weight is 440 g/mol. The van der Waals surface area contributed by atoms with Crippen LogP contribution in [-0.4, -0.2) is 64.4 Å². The van der Waals surface area contributed by atoms with Crippen LogP contribution in [0.5, 0.6) is 0 Å². The van der Waals surface area contributed by atoms with Gasteiger partial charge >= 0.3 is 0 Å². The average Bonchev–Trinajstić information content (AvgIpc) is 3.47. The number of nitrogens with one attached hydrogen (secondary N) is 2. The van der Waals surface area contributed by atoms with Gasteiger partial charge in [0.15, 0.2) is 5.96 Å². The summed E-state index contributed by atoms with van der Waals surface area (Å²) >= 11 is 1.27. The highest BCUT2D eigenvalue weighted by atomic mass is 32.2. The topological polar surface area (TPSA) is 90.2 Å². The van der Waals surface area contributed by atoms with Crippen molar-refractivity contribution in [2.24, 2.45) is 4.99 Å². The summed E-state index contributed by atoms with van der Waals surface area (Å²) in [6.45, 7) is 3.31. The molecule has 2 aromatic heterocycles. The van der Waals surface area contributed by atoms with Crippen molar-refractivity contribution in [3.05, 3.63) is 41.2 Å². The fourth-order valence-corrected chi connectivity index (χ4v) is 5.76. The van der Waals surface area contributed by atoms with Crippen LogP contribution in [-0.2, 0) is 16.6 Å². The number of nitrogens with zero attached hydrogens (tertiary/aromatic N) is 3. The van der Waals surface area contributed by atoms with E-state index in [4.69, 9.17) is 4.42 Å². The number of hydrogen-bond donors (Lipinski definition) is 2. The third-order valence-electron chi connectivity index (χ3n) is 4.94. The number of aliphatic imine (C=N–C) groups is 1. The first-order chi connectivity index (χ1) is 13.9. The first-order valence-corrected chi connectivity index (χ1v) is 11.9. The van der Waals surface area contributed by atoms with E-state index >= 15 is 0 Å². The first-order valence-electron chi connectivity index (χ1n) is 9.65. The van der Waals surface area contributed by atoms with Gasteiger partial charge in [-0.1, -0.05) is 0 Å². The van der Waals surface area contributed by atoms with E-state index in [-0.39, 0.29) is 6.04 Å². The monoisotopic (exact) mass is 439 g/mol. The lowest BCUT2D eigenvalue weighted by atomic mass is 10.2. The number of rotatable bonds is 8. The molecule has 160 valence electrons. The zero-order valence-corrected chi connectivity index (χ0v) is 18.7. The van der Waals surface area contributed by atoms with Crippen molar-refractivity contribution in [3.8, 4) is 0 Å². The minimum Gasteiger partial charge on any atom is -0.468 e. The van der Waals surface area contributed by atoms with Crippen molar-refractivity contribution < 1.29 is 12.8 Å². The molecule has 1 atom stereocenters. The van der Waals surface area contributed by atoms with Gasteiger partial charge in [0.05, 0.1) is 18.8 Å². The lowest BCUT2D eigenvalue weighted by molar-refractivity contribution is 0.215. The second-order valence-electron chi connectivity index (χ2n) is 7.09. The van der Waals surface area contributed by atoms with Gasteiger partial charge in [-0.05, 0) is 50.2 Å². The highest BCUT2D eigenvalue weighted by Crippen LogP contribution is 2.25. The van der Waals surface area contributed by atoms with E-state index in [0.717, 1.165) is 23.7 Å². The number of likely N-dealkylation sites (tertiary alicyclic amines) is 1. The van der Waals surface area contributed by atoms with E-state index in [1.165, 1.54) is 42.6 Å². The first kappa shape index (κ1) is 21.8. The fraction of sp³-hybridized carbons (Fsp3) is 0.526. The molecule has 10 heteroatoms. The molecular formula is C19H29N5O3S2. The van der Waals surface area contributed by atoms with E-state index < -0.39 is 10.0 Å². The normalized spacial score (nSPS) is 17.0. The maximum absolute atomic E-state index is 12.2. The fourth-order valence-electron chi connectivity index (χ4n) is 3.30. The SMILES string of the molecule is CN=C(NCc1ccc(S(=O)(=O)N(C)C)s1)NCC(c1ccco1)N1CCCC1. The van der Waals surface area contributed by atoms with E-state index in [1.54, 1.807) is 19.4 Å². The summed E-state index contributed by atoms with van der Waals surface area (Å²) in [5.41, 5.74) is 0. The molecule has 1 fully saturated rings. The minimum atomic E-state index is -3.39. The Bertz CT molecular complexity index is 900. The molecule has 0 bridgehead atoms. The molecule has 0 spiro atoms. The quantitative estimate of drug-likeness (QED) is 0.484. The summed E-state index contributed by atoms with van der Waals surface area (Å²) in [6.07, 6.45) is 4.13. The van der Waals surface area contributed by atoms with Crippen LogP contribution in [0.15, 0.2) is 44.1 Å². The number of guanidine groups is 1. The maximum Gasteiger partial charge on any atom is 0.252 e. The molecule has 0 saturated carbocycles. The number of sulfonamides is 1. The van der Waals surface area contributed by atoms with E-state index in [1.807, 2.05) is 18.2 Å². The standard InChI is InChI=1S/C19H29N5O3S2/c1-20-19(21-13-15-8-9-18(28-15)29(25,26)23(2)3)22-14-16(17-7-6-12-27-17)24-10-4-5-11-24/h6-9,12,16H,4-5,10-11,13-14H2,1-3H3,(H2,20,21,22). The minimum absolute atomic E-state index is 0.157. The molecule has 0 aromatic carbocycles. The van der Waals surface area contributed by atoms with Gasteiger partial charge in [0.1, 0.15) is 9.97 Å². The molecular weight excluding hydrogens is 410 g/mol.